The van der Waals surface area contributed by atoms with Gasteiger partial charge in [-0.1, -0.05) is 12.1 Å². The maximum absolute atomic E-state index is 5.24. The number of H-pyrrole nitrogens is 1. The third-order valence-electron chi connectivity index (χ3n) is 3.19. The van der Waals surface area contributed by atoms with Crippen LogP contribution in [0.1, 0.15) is 30.8 Å². The van der Waals surface area contributed by atoms with E-state index in [-0.39, 0.29) is 0 Å². The lowest BCUT2D eigenvalue weighted by Crippen LogP contribution is -2.20. The Bertz CT molecular complexity index is 482. The van der Waals surface area contributed by atoms with E-state index < -0.39 is 0 Å². The summed E-state index contributed by atoms with van der Waals surface area (Å²) in [5.41, 5.74) is 1.25. The van der Waals surface area contributed by atoms with Crippen LogP contribution in [0.5, 0.6) is 5.75 Å². The van der Waals surface area contributed by atoms with E-state index in [9.17, 15) is 0 Å². The molecule has 0 aliphatic carbocycles. The molecule has 2 rings (SSSR count). The van der Waals surface area contributed by atoms with Crippen LogP contribution in [0.3, 0.4) is 0 Å². The highest BCUT2D eigenvalue weighted by Crippen LogP contribution is 2.18. The smallest absolute Gasteiger partial charge is 0.119 e. The lowest BCUT2D eigenvalue weighted by Gasteiger charge is -2.14. The van der Waals surface area contributed by atoms with Gasteiger partial charge in [-0.15, -0.1) is 0 Å². The summed E-state index contributed by atoms with van der Waals surface area (Å²) >= 11 is 0. The SMILES string of the molecule is COc1cccc(C(C)NCCCc2ncc[nH]2)c1. The molecule has 1 aromatic carbocycles. The standard InChI is InChI=1S/C15H21N3O/c1-12(13-5-3-6-14(11-13)19-2)16-8-4-7-15-17-9-10-18-15/h3,5-6,9-12,16H,4,7-8H2,1-2H3,(H,17,18). The van der Waals surface area contributed by atoms with E-state index in [2.05, 4.69) is 34.3 Å². The number of hydrogen-bond acceptors (Lipinski definition) is 3. The van der Waals surface area contributed by atoms with Crippen LogP contribution in [0.2, 0.25) is 0 Å². The van der Waals surface area contributed by atoms with E-state index in [1.165, 1.54) is 5.56 Å². The Balaban J connectivity index is 1.75. The van der Waals surface area contributed by atoms with Crippen LogP contribution < -0.4 is 10.1 Å². The van der Waals surface area contributed by atoms with Crippen LogP contribution in [-0.2, 0) is 6.42 Å². The average molecular weight is 259 g/mol. The Labute approximate surface area is 114 Å². The van der Waals surface area contributed by atoms with E-state index >= 15 is 0 Å². The number of methoxy groups -OCH3 is 1. The van der Waals surface area contributed by atoms with Crippen molar-refractivity contribution in [2.24, 2.45) is 0 Å². The summed E-state index contributed by atoms with van der Waals surface area (Å²) in [5, 5.41) is 3.52. The fourth-order valence-corrected chi connectivity index (χ4v) is 2.04. The normalized spacial score (nSPS) is 12.3. The quantitative estimate of drug-likeness (QED) is 0.752. The van der Waals surface area contributed by atoms with E-state index in [1.807, 2.05) is 18.3 Å². The molecule has 0 radical (unpaired) electrons. The maximum atomic E-state index is 5.24. The van der Waals surface area contributed by atoms with E-state index in [1.54, 1.807) is 13.3 Å². The highest BCUT2D eigenvalue weighted by atomic mass is 16.5. The number of imidazole rings is 1. The fraction of sp³-hybridized carbons (Fsp3) is 0.400. The Morgan fingerprint density at radius 3 is 3.05 bits per heavy atom. The molecule has 0 spiro atoms. The van der Waals surface area contributed by atoms with Gasteiger partial charge in [0.15, 0.2) is 0 Å². The van der Waals surface area contributed by atoms with Crippen LogP contribution in [0.15, 0.2) is 36.7 Å². The number of aryl methyl sites for hydroxylation is 1. The number of aromatic nitrogens is 2. The summed E-state index contributed by atoms with van der Waals surface area (Å²) in [5.74, 6) is 1.96. The van der Waals surface area contributed by atoms with Crippen molar-refractivity contribution in [3.8, 4) is 5.75 Å². The first kappa shape index (κ1) is 13.6. The number of benzene rings is 1. The summed E-state index contributed by atoms with van der Waals surface area (Å²) < 4.78 is 5.24. The minimum Gasteiger partial charge on any atom is -0.497 e. The molecule has 4 nitrogen and oxygen atoms in total. The highest BCUT2D eigenvalue weighted by molar-refractivity contribution is 5.30. The number of nitrogens with one attached hydrogen (secondary N) is 2. The second kappa shape index (κ2) is 6.95. The minimum absolute atomic E-state index is 0.326. The molecule has 0 bridgehead atoms. The van der Waals surface area contributed by atoms with E-state index in [4.69, 9.17) is 4.74 Å². The molecule has 102 valence electrons. The van der Waals surface area contributed by atoms with Crippen molar-refractivity contribution in [3.63, 3.8) is 0 Å². The first-order valence-electron chi connectivity index (χ1n) is 6.65. The molecule has 1 unspecified atom stereocenters. The second-order valence-corrected chi connectivity index (χ2v) is 4.59. The Kier molecular flexibility index (Phi) is 4.98. The monoisotopic (exact) mass is 259 g/mol. The Morgan fingerprint density at radius 2 is 2.32 bits per heavy atom. The van der Waals surface area contributed by atoms with Gasteiger partial charge in [0.25, 0.3) is 0 Å². The van der Waals surface area contributed by atoms with Crippen LogP contribution in [0.4, 0.5) is 0 Å². The zero-order valence-electron chi connectivity index (χ0n) is 11.5. The van der Waals surface area contributed by atoms with Crippen LogP contribution in [-0.4, -0.2) is 23.6 Å². The minimum atomic E-state index is 0.326. The molecule has 0 amide bonds. The first-order chi connectivity index (χ1) is 9.29. The van der Waals surface area contributed by atoms with Gasteiger partial charge < -0.3 is 15.0 Å². The van der Waals surface area contributed by atoms with Crippen molar-refractivity contribution in [2.75, 3.05) is 13.7 Å². The average Bonchev–Trinajstić information content (AvgIpc) is 2.96. The second-order valence-electron chi connectivity index (χ2n) is 4.59. The van der Waals surface area contributed by atoms with Crippen molar-refractivity contribution in [2.45, 2.75) is 25.8 Å². The van der Waals surface area contributed by atoms with Crippen molar-refractivity contribution >= 4 is 0 Å². The summed E-state index contributed by atoms with van der Waals surface area (Å²) in [6.07, 6.45) is 5.70. The van der Waals surface area contributed by atoms with Gasteiger partial charge in [0.2, 0.25) is 0 Å². The van der Waals surface area contributed by atoms with Crippen molar-refractivity contribution in [1.29, 1.82) is 0 Å². The summed E-state index contributed by atoms with van der Waals surface area (Å²) in [7, 11) is 1.70. The first-order valence-corrected chi connectivity index (χ1v) is 6.65. The molecule has 1 aromatic heterocycles. The lowest BCUT2D eigenvalue weighted by molar-refractivity contribution is 0.413. The molecular weight excluding hydrogens is 238 g/mol. The molecular formula is C15H21N3O. The number of rotatable bonds is 7. The summed E-state index contributed by atoms with van der Waals surface area (Å²) in [6, 6.07) is 8.51. The molecule has 0 fully saturated rings. The molecule has 0 saturated heterocycles. The largest absolute Gasteiger partial charge is 0.497 e. The zero-order valence-corrected chi connectivity index (χ0v) is 11.5. The number of ether oxygens (including phenoxy) is 1. The van der Waals surface area contributed by atoms with Crippen LogP contribution in [0, 0.1) is 0 Å². The van der Waals surface area contributed by atoms with Gasteiger partial charge in [0.05, 0.1) is 7.11 Å². The number of hydrogen-bond donors (Lipinski definition) is 2. The fourth-order valence-electron chi connectivity index (χ4n) is 2.04. The summed E-state index contributed by atoms with van der Waals surface area (Å²) in [4.78, 5) is 7.33. The molecule has 19 heavy (non-hydrogen) atoms. The van der Waals surface area contributed by atoms with Crippen molar-refractivity contribution < 1.29 is 4.74 Å². The van der Waals surface area contributed by atoms with Gasteiger partial charge in [-0.3, -0.25) is 0 Å². The van der Waals surface area contributed by atoms with Gasteiger partial charge in [-0.05, 0) is 37.6 Å². The van der Waals surface area contributed by atoms with Gasteiger partial charge in [-0.25, -0.2) is 4.98 Å². The molecule has 0 aliphatic rings. The van der Waals surface area contributed by atoms with Crippen molar-refractivity contribution in [3.05, 3.63) is 48.0 Å². The Hall–Kier alpha value is -1.81. The van der Waals surface area contributed by atoms with Crippen LogP contribution in [0.25, 0.3) is 0 Å². The lowest BCUT2D eigenvalue weighted by atomic mass is 10.1. The molecule has 1 heterocycles. The van der Waals surface area contributed by atoms with Gasteiger partial charge in [0.1, 0.15) is 11.6 Å². The van der Waals surface area contributed by atoms with Gasteiger partial charge in [0, 0.05) is 24.9 Å². The molecule has 2 N–H and O–H groups in total. The van der Waals surface area contributed by atoms with Gasteiger partial charge >= 0.3 is 0 Å². The topological polar surface area (TPSA) is 49.9 Å². The van der Waals surface area contributed by atoms with Crippen LogP contribution >= 0.6 is 0 Å². The zero-order chi connectivity index (χ0) is 13.5. The predicted molar refractivity (Wildman–Crippen MR) is 76.3 cm³/mol. The number of nitrogens with zero attached hydrogens (tertiary/aromatic N) is 1. The van der Waals surface area contributed by atoms with Gasteiger partial charge in [-0.2, -0.15) is 0 Å². The maximum Gasteiger partial charge on any atom is 0.119 e. The Morgan fingerprint density at radius 1 is 1.42 bits per heavy atom. The molecule has 4 heteroatoms. The molecule has 2 aromatic rings. The van der Waals surface area contributed by atoms with Crippen molar-refractivity contribution in [1.82, 2.24) is 15.3 Å². The third-order valence-corrected chi connectivity index (χ3v) is 3.19. The van der Waals surface area contributed by atoms with E-state index in [0.717, 1.165) is 31.0 Å². The third kappa shape index (κ3) is 4.10. The molecule has 1 atom stereocenters. The summed E-state index contributed by atoms with van der Waals surface area (Å²) in [6.45, 7) is 3.14. The number of aromatic amines is 1. The highest BCUT2D eigenvalue weighted by Gasteiger charge is 2.05. The van der Waals surface area contributed by atoms with E-state index in [0.29, 0.717) is 6.04 Å². The molecule has 0 saturated carbocycles. The predicted octanol–water partition coefficient (Wildman–Crippen LogP) is 2.70. The molecule has 0 aliphatic heterocycles.